The van der Waals surface area contributed by atoms with Crippen LogP contribution in [-0.2, 0) is 0 Å². The van der Waals surface area contributed by atoms with Gasteiger partial charge in [-0.3, -0.25) is 4.79 Å². The molecule has 2 aromatic heterocycles. The topological polar surface area (TPSA) is 96.6 Å². The van der Waals surface area contributed by atoms with Crippen LogP contribution in [0.3, 0.4) is 0 Å². The lowest BCUT2D eigenvalue weighted by atomic mass is 10.0. The molecule has 4 aromatic rings. The predicted molar refractivity (Wildman–Crippen MR) is 109 cm³/mol. The van der Waals surface area contributed by atoms with Crippen molar-refractivity contribution in [2.75, 3.05) is 5.32 Å². The zero-order chi connectivity index (χ0) is 20.5. The molecule has 0 aliphatic rings. The summed E-state index contributed by atoms with van der Waals surface area (Å²) < 4.78 is 1.61. The summed E-state index contributed by atoms with van der Waals surface area (Å²) in [5.41, 5.74) is 4.21. The number of rotatable bonds is 5. The van der Waals surface area contributed by atoms with Crippen molar-refractivity contribution in [3.8, 4) is 0 Å². The van der Waals surface area contributed by atoms with Crippen LogP contribution >= 0.6 is 0 Å². The van der Waals surface area contributed by atoms with Crippen LogP contribution in [0.4, 0.5) is 11.5 Å². The van der Waals surface area contributed by atoms with Crippen molar-refractivity contribution in [3.63, 3.8) is 0 Å². The Balaban J connectivity index is 1.79. The molecule has 2 aromatic carbocycles. The lowest BCUT2D eigenvalue weighted by Crippen LogP contribution is -2.03. The van der Waals surface area contributed by atoms with E-state index in [4.69, 9.17) is 0 Å². The number of ketones is 1. The van der Waals surface area contributed by atoms with Crippen LogP contribution in [0.2, 0.25) is 0 Å². The first-order valence-corrected chi connectivity index (χ1v) is 8.99. The van der Waals surface area contributed by atoms with Gasteiger partial charge in [0, 0.05) is 23.0 Å². The summed E-state index contributed by atoms with van der Waals surface area (Å²) in [7, 11) is 0. The highest BCUT2D eigenvalue weighted by Crippen LogP contribution is 2.28. The number of aromatic carboxylic acids is 1. The van der Waals surface area contributed by atoms with Crippen LogP contribution < -0.4 is 5.32 Å². The predicted octanol–water partition coefficient (Wildman–Crippen LogP) is 4.02. The number of carbonyl (C=O) groups is 2. The van der Waals surface area contributed by atoms with Gasteiger partial charge in [-0.2, -0.15) is 5.10 Å². The number of fused-ring (bicyclic) bond motifs is 1. The fraction of sp³-hybridized carbons (Fsp3) is 0.0909. The number of anilines is 2. The maximum Gasteiger partial charge on any atom is 0.335 e. The molecule has 144 valence electrons. The third-order valence-corrected chi connectivity index (χ3v) is 4.85. The molecule has 7 heteroatoms. The van der Waals surface area contributed by atoms with Gasteiger partial charge < -0.3 is 10.4 Å². The molecule has 0 aliphatic heterocycles. The van der Waals surface area contributed by atoms with E-state index in [1.165, 1.54) is 6.33 Å². The molecule has 0 saturated carbocycles. The Morgan fingerprint density at radius 3 is 2.52 bits per heavy atom. The molecule has 2 N–H and O–H groups in total. The number of nitrogens with one attached hydrogen (secondary N) is 1. The highest BCUT2D eigenvalue weighted by Gasteiger charge is 2.19. The lowest BCUT2D eigenvalue weighted by molar-refractivity contribution is 0.0696. The summed E-state index contributed by atoms with van der Waals surface area (Å²) in [6.45, 7) is 3.72. The van der Waals surface area contributed by atoms with Gasteiger partial charge in [0.15, 0.2) is 11.6 Å². The minimum Gasteiger partial charge on any atom is -0.478 e. The van der Waals surface area contributed by atoms with E-state index in [1.807, 2.05) is 32.0 Å². The molecular weight excluding hydrogens is 368 g/mol. The normalized spacial score (nSPS) is 10.8. The standard InChI is InChI=1S/C22H18N4O3/c1-13-8-9-16(22(28)29)10-18(13)25-21-19-14(2)17(11-26(19)24-12-23-21)20(27)15-6-4-3-5-7-15/h3-12H,1-2H3,(H,28,29)(H,23,24,25). The average molecular weight is 386 g/mol. The number of hydrogen-bond acceptors (Lipinski definition) is 5. The second-order valence-corrected chi connectivity index (χ2v) is 6.72. The number of benzene rings is 2. The van der Waals surface area contributed by atoms with Gasteiger partial charge in [-0.1, -0.05) is 36.4 Å². The smallest absolute Gasteiger partial charge is 0.335 e. The van der Waals surface area contributed by atoms with E-state index < -0.39 is 5.97 Å². The fourth-order valence-corrected chi connectivity index (χ4v) is 3.24. The zero-order valence-corrected chi connectivity index (χ0v) is 15.9. The molecule has 29 heavy (non-hydrogen) atoms. The Bertz CT molecular complexity index is 1250. The molecular formula is C22H18N4O3. The zero-order valence-electron chi connectivity index (χ0n) is 15.9. The van der Waals surface area contributed by atoms with Crippen molar-refractivity contribution >= 4 is 28.8 Å². The van der Waals surface area contributed by atoms with Gasteiger partial charge in [0.05, 0.1) is 5.56 Å². The van der Waals surface area contributed by atoms with Crippen LogP contribution in [0.15, 0.2) is 61.1 Å². The first-order chi connectivity index (χ1) is 14.0. The Labute approximate surface area is 166 Å². The minimum absolute atomic E-state index is 0.0939. The van der Waals surface area contributed by atoms with Crippen molar-refractivity contribution in [1.29, 1.82) is 0 Å². The number of aryl methyl sites for hydroxylation is 2. The molecule has 4 rings (SSSR count). The number of aromatic nitrogens is 3. The Kier molecular flexibility index (Phi) is 4.56. The highest BCUT2D eigenvalue weighted by atomic mass is 16.4. The van der Waals surface area contributed by atoms with Crippen molar-refractivity contribution in [2.24, 2.45) is 0 Å². The molecule has 0 atom stereocenters. The average Bonchev–Trinajstić information content (AvgIpc) is 3.07. The minimum atomic E-state index is -1.00. The van der Waals surface area contributed by atoms with Gasteiger partial charge in [-0.15, -0.1) is 0 Å². The third-order valence-electron chi connectivity index (χ3n) is 4.85. The summed E-state index contributed by atoms with van der Waals surface area (Å²) in [4.78, 5) is 28.6. The van der Waals surface area contributed by atoms with Crippen molar-refractivity contribution in [3.05, 3.63) is 88.9 Å². The number of carboxylic acids is 1. The molecule has 0 aliphatic carbocycles. The van der Waals surface area contributed by atoms with Gasteiger partial charge in [-0.05, 0) is 37.1 Å². The first-order valence-electron chi connectivity index (χ1n) is 8.99. The number of carbonyl (C=O) groups excluding carboxylic acids is 1. The molecule has 0 saturated heterocycles. The maximum absolute atomic E-state index is 12.9. The molecule has 0 unspecified atom stereocenters. The second kappa shape index (κ2) is 7.20. The Morgan fingerprint density at radius 2 is 1.79 bits per heavy atom. The van der Waals surface area contributed by atoms with Crippen LogP contribution in [0.1, 0.15) is 37.4 Å². The molecule has 2 heterocycles. The van der Waals surface area contributed by atoms with Gasteiger partial charge >= 0.3 is 5.97 Å². The lowest BCUT2D eigenvalue weighted by Gasteiger charge is -2.11. The quantitative estimate of drug-likeness (QED) is 0.503. The molecule has 0 bridgehead atoms. The van der Waals surface area contributed by atoms with E-state index in [0.29, 0.717) is 28.1 Å². The van der Waals surface area contributed by atoms with E-state index in [2.05, 4.69) is 15.4 Å². The van der Waals surface area contributed by atoms with Gasteiger partial charge in [0.1, 0.15) is 11.8 Å². The fourth-order valence-electron chi connectivity index (χ4n) is 3.24. The maximum atomic E-state index is 12.9. The van der Waals surface area contributed by atoms with E-state index in [9.17, 15) is 14.7 Å². The van der Waals surface area contributed by atoms with Crippen molar-refractivity contribution in [2.45, 2.75) is 13.8 Å². The van der Waals surface area contributed by atoms with Crippen LogP contribution in [-0.4, -0.2) is 31.5 Å². The molecule has 7 nitrogen and oxygen atoms in total. The third kappa shape index (κ3) is 3.34. The monoisotopic (exact) mass is 386 g/mol. The summed E-state index contributed by atoms with van der Waals surface area (Å²) in [5, 5.41) is 16.7. The second-order valence-electron chi connectivity index (χ2n) is 6.72. The SMILES string of the molecule is Cc1ccc(C(=O)O)cc1Nc1ncnn2cc(C(=O)c3ccccc3)c(C)c12. The van der Waals surface area contributed by atoms with Gasteiger partial charge in [0.2, 0.25) is 0 Å². The largest absolute Gasteiger partial charge is 0.478 e. The van der Waals surface area contributed by atoms with Gasteiger partial charge in [0.25, 0.3) is 0 Å². The molecule has 0 amide bonds. The van der Waals surface area contributed by atoms with E-state index in [0.717, 1.165) is 11.1 Å². The summed E-state index contributed by atoms with van der Waals surface area (Å²) in [5.74, 6) is -0.602. The van der Waals surface area contributed by atoms with E-state index >= 15 is 0 Å². The van der Waals surface area contributed by atoms with Crippen LogP contribution in [0, 0.1) is 13.8 Å². The highest BCUT2D eigenvalue weighted by molar-refractivity contribution is 6.11. The van der Waals surface area contributed by atoms with E-state index in [1.54, 1.807) is 41.0 Å². The molecule has 0 radical (unpaired) electrons. The number of nitrogens with zero attached hydrogens (tertiary/aromatic N) is 3. The van der Waals surface area contributed by atoms with Crippen molar-refractivity contribution in [1.82, 2.24) is 14.6 Å². The Hall–Kier alpha value is -4.00. The van der Waals surface area contributed by atoms with Gasteiger partial charge in [-0.25, -0.2) is 14.3 Å². The summed E-state index contributed by atoms with van der Waals surface area (Å²) in [6, 6.07) is 13.9. The Morgan fingerprint density at radius 1 is 1.03 bits per heavy atom. The van der Waals surface area contributed by atoms with Crippen LogP contribution in [0.25, 0.3) is 5.52 Å². The van der Waals surface area contributed by atoms with Crippen LogP contribution in [0.5, 0.6) is 0 Å². The summed E-state index contributed by atoms with van der Waals surface area (Å²) >= 11 is 0. The van der Waals surface area contributed by atoms with E-state index in [-0.39, 0.29) is 11.3 Å². The summed E-state index contributed by atoms with van der Waals surface area (Å²) in [6.07, 6.45) is 3.08. The first kappa shape index (κ1) is 18.4. The molecule has 0 spiro atoms. The molecule has 0 fully saturated rings. The number of carboxylic acid groups (broad SMARTS) is 1. The van der Waals surface area contributed by atoms with Crippen molar-refractivity contribution < 1.29 is 14.7 Å². The number of hydrogen-bond donors (Lipinski definition) is 2.